The highest BCUT2D eigenvalue weighted by Gasteiger charge is 2.49. The number of amides is 2. The monoisotopic (exact) mass is 534 g/mol. The molecule has 0 saturated carbocycles. The van der Waals surface area contributed by atoms with Crippen LogP contribution in [0.25, 0.3) is 10.9 Å². The van der Waals surface area contributed by atoms with Crippen molar-refractivity contribution in [2.24, 2.45) is 0 Å². The molecule has 7 nitrogen and oxygen atoms in total. The lowest BCUT2D eigenvalue weighted by Crippen LogP contribution is -2.65. The van der Waals surface area contributed by atoms with E-state index in [0.29, 0.717) is 6.42 Å². The maximum Gasteiger partial charge on any atom is 0.246 e. The second-order valence-electron chi connectivity index (χ2n) is 11.2. The Morgan fingerprint density at radius 3 is 2.38 bits per heavy atom. The summed E-state index contributed by atoms with van der Waals surface area (Å²) < 4.78 is 5.39. The van der Waals surface area contributed by atoms with Gasteiger partial charge in [0.25, 0.3) is 0 Å². The van der Waals surface area contributed by atoms with Crippen LogP contribution in [0, 0.1) is 0 Å². The van der Waals surface area contributed by atoms with Crippen molar-refractivity contribution in [1.29, 1.82) is 0 Å². The Morgan fingerprint density at radius 2 is 1.62 bits per heavy atom. The molecular weight excluding hydrogens is 500 g/mol. The maximum atomic E-state index is 14.2. The van der Waals surface area contributed by atoms with Crippen molar-refractivity contribution in [2.45, 2.75) is 43.9 Å². The van der Waals surface area contributed by atoms with Crippen LogP contribution in [0.3, 0.4) is 0 Å². The molecule has 7 heteroatoms. The van der Waals surface area contributed by atoms with Gasteiger partial charge in [0, 0.05) is 48.7 Å². The largest absolute Gasteiger partial charge is 0.497 e. The first-order valence-electron chi connectivity index (χ1n) is 14.2. The number of likely N-dealkylation sites (tertiary alicyclic amines) is 1. The van der Waals surface area contributed by atoms with Crippen molar-refractivity contribution in [2.75, 3.05) is 26.7 Å². The molecule has 0 radical (unpaired) electrons. The summed E-state index contributed by atoms with van der Waals surface area (Å²) in [5.41, 5.74) is 5.46. The summed E-state index contributed by atoms with van der Waals surface area (Å²) in [6, 6.07) is 25.8. The van der Waals surface area contributed by atoms with Gasteiger partial charge < -0.3 is 19.5 Å². The molecule has 1 N–H and O–H groups in total. The van der Waals surface area contributed by atoms with E-state index in [2.05, 4.69) is 46.3 Å². The van der Waals surface area contributed by atoms with Gasteiger partial charge in [-0.2, -0.15) is 0 Å². The van der Waals surface area contributed by atoms with Crippen LogP contribution >= 0.6 is 0 Å². The molecule has 3 aliphatic rings. The molecule has 0 aliphatic carbocycles. The van der Waals surface area contributed by atoms with Crippen molar-refractivity contribution in [3.05, 3.63) is 101 Å². The van der Waals surface area contributed by atoms with Gasteiger partial charge >= 0.3 is 0 Å². The molecule has 4 heterocycles. The molecule has 3 aliphatic heterocycles. The summed E-state index contributed by atoms with van der Waals surface area (Å²) in [5, 5.41) is 1.13. The number of piperazine rings is 1. The number of hydrogen-bond donors (Lipinski definition) is 1. The molecule has 3 aromatic carbocycles. The van der Waals surface area contributed by atoms with Gasteiger partial charge in [-0.25, -0.2) is 0 Å². The fourth-order valence-corrected chi connectivity index (χ4v) is 6.96. The molecule has 2 atom stereocenters. The van der Waals surface area contributed by atoms with E-state index in [4.69, 9.17) is 4.74 Å². The van der Waals surface area contributed by atoms with Crippen molar-refractivity contribution in [1.82, 2.24) is 19.7 Å². The smallest absolute Gasteiger partial charge is 0.246 e. The summed E-state index contributed by atoms with van der Waals surface area (Å²) in [6.45, 7) is 2.91. The summed E-state index contributed by atoms with van der Waals surface area (Å²) in [5.74, 6) is 0.857. The Hall–Kier alpha value is -4.10. The number of hydrogen-bond acceptors (Lipinski definition) is 4. The first kappa shape index (κ1) is 24.9. The third kappa shape index (κ3) is 4.25. The number of carbonyl (C=O) groups excluding carboxylic acids is 2. The summed E-state index contributed by atoms with van der Waals surface area (Å²) >= 11 is 0. The molecule has 204 valence electrons. The summed E-state index contributed by atoms with van der Waals surface area (Å²) in [6.07, 6.45) is 2.30. The molecule has 1 unspecified atom stereocenters. The number of H-pyrrole nitrogens is 1. The number of aromatic amines is 1. The lowest BCUT2D eigenvalue weighted by Gasteiger charge is -2.49. The molecule has 40 heavy (non-hydrogen) atoms. The van der Waals surface area contributed by atoms with Crippen molar-refractivity contribution in [3.8, 4) is 5.75 Å². The van der Waals surface area contributed by atoms with E-state index in [-0.39, 0.29) is 30.4 Å². The molecule has 4 aromatic rings. The summed E-state index contributed by atoms with van der Waals surface area (Å²) in [7, 11) is 1.65. The molecule has 2 saturated heterocycles. The first-order valence-corrected chi connectivity index (χ1v) is 14.2. The molecular formula is C33H34N4O3. The molecule has 0 spiro atoms. The minimum Gasteiger partial charge on any atom is -0.497 e. The van der Waals surface area contributed by atoms with Gasteiger partial charge in [-0.05, 0) is 47.7 Å². The second kappa shape index (κ2) is 10.1. The molecule has 0 bridgehead atoms. The Kier molecular flexibility index (Phi) is 6.31. The van der Waals surface area contributed by atoms with Gasteiger partial charge in [0.15, 0.2) is 0 Å². The number of piperidine rings is 1. The van der Waals surface area contributed by atoms with Gasteiger partial charge in [-0.1, -0.05) is 60.7 Å². The van der Waals surface area contributed by atoms with E-state index in [9.17, 15) is 9.59 Å². The second-order valence-corrected chi connectivity index (χ2v) is 11.2. The van der Waals surface area contributed by atoms with Crippen LogP contribution in [0.2, 0.25) is 0 Å². The number of nitrogens with zero attached hydrogens (tertiary/aromatic N) is 3. The number of rotatable bonds is 5. The number of carbonyl (C=O) groups is 2. The average Bonchev–Trinajstić information content (AvgIpc) is 3.37. The van der Waals surface area contributed by atoms with E-state index in [1.165, 1.54) is 5.56 Å². The number of aromatic nitrogens is 1. The van der Waals surface area contributed by atoms with Crippen LogP contribution in [0.5, 0.6) is 5.75 Å². The minimum absolute atomic E-state index is 0.0152. The highest BCUT2D eigenvalue weighted by atomic mass is 16.5. The van der Waals surface area contributed by atoms with Crippen LogP contribution in [0.15, 0.2) is 78.9 Å². The van der Waals surface area contributed by atoms with E-state index < -0.39 is 6.04 Å². The predicted octanol–water partition coefficient (Wildman–Crippen LogP) is 4.53. The fraction of sp³-hybridized carbons (Fsp3) is 0.333. The minimum atomic E-state index is -0.512. The van der Waals surface area contributed by atoms with Crippen molar-refractivity contribution < 1.29 is 14.3 Å². The first-order chi connectivity index (χ1) is 19.6. The van der Waals surface area contributed by atoms with Crippen LogP contribution < -0.4 is 4.74 Å². The molecule has 2 amide bonds. The number of methoxy groups -OCH3 is 1. The van der Waals surface area contributed by atoms with Gasteiger partial charge in [0.05, 0.1) is 13.2 Å². The quantitative estimate of drug-likeness (QED) is 0.409. The SMILES string of the molecule is COc1ccc(C2c3[nH]c4ccccc4c3C[C@H]3C(=O)N(C4CCN(Cc5ccccc5)CC4)CC(=O)N23)cc1. The Bertz CT molecular complexity index is 1540. The third-order valence-electron chi connectivity index (χ3n) is 8.97. The third-order valence-corrected chi connectivity index (χ3v) is 8.97. The fourth-order valence-electron chi connectivity index (χ4n) is 6.96. The Labute approximate surface area is 234 Å². The zero-order valence-electron chi connectivity index (χ0n) is 22.8. The van der Waals surface area contributed by atoms with Crippen molar-refractivity contribution in [3.63, 3.8) is 0 Å². The number of fused-ring (bicyclic) bond motifs is 4. The Balaban J connectivity index is 1.18. The van der Waals surface area contributed by atoms with E-state index in [0.717, 1.165) is 65.9 Å². The molecule has 7 rings (SSSR count). The van der Waals surface area contributed by atoms with Gasteiger partial charge in [-0.15, -0.1) is 0 Å². The van der Waals surface area contributed by atoms with Gasteiger partial charge in [0.1, 0.15) is 18.3 Å². The van der Waals surface area contributed by atoms with E-state index >= 15 is 0 Å². The predicted molar refractivity (Wildman–Crippen MR) is 154 cm³/mol. The highest BCUT2D eigenvalue weighted by Crippen LogP contribution is 2.43. The number of nitrogens with one attached hydrogen (secondary N) is 1. The van der Waals surface area contributed by atoms with Crippen LogP contribution in [0.1, 0.15) is 41.3 Å². The lowest BCUT2D eigenvalue weighted by atomic mass is 9.85. The normalized spacial score (nSPS) is 21.9. The molecule has 2 fully saturated rings. The average molecular weight is 535 g/mol. The number of benzene rings is 3. The van der Waals surface area contributed by atoms with Crippen LogP contribution in [-0.4, -0.2) is 70.3 Å². The maximum absolute atomic E-state index is 14.2. The topological polar surface area (TPSA) is 68.9 Å². The van der Waals surface area contributed by atoms with E-state index in [1.807, 2.05) is 52.3 Å². The van der Waals surface area contributed by atoms with Crippen LogP contribution in [-0.2, 0) is 22.6 Å². The van der Waals surface area contributed by atoms with Crippen molar-refractivity contribution >= 4 is 22.7 Å². The number of ether oxygens (including phenoxy) is 1. The number of para-hydroxylation sites is 1. The highest BCUT2D eigenvalue weighted by molar-refractivity contribution is 5.97. The van der Waals surface area contributed by atoms with E-state index in [1.54, 1.807) is 7.11 Å². The van der Waals surface area contributed by atoms with Gasteiger partial charge in [0.2, 0.25) is 11.8 Å². The van der Waals surface area contributed by atoms with Gasteiger partial charge in [-0.3, -0.25) is 14.5 Å². The lowest BCUT2D eigenvalue weighted by molar-refractivity contribution is -0.161. The zero-order valence-corrected chi connectivity index (χ0v) is 22.8. The zero-order chi connectivity index (χ0) is 27.2. The Morgan fingerprint density at radius 1 is 0.900 bits per heavy atom. The van der Waals surface area contributed by atoms with Crippen LogP contribution in [0.4, 0.5) is 0 Å². The summed E-state index contributed by atoms with van der Waals surface area (Å²) in [4.78, 5) is 38.0. The molecule has 1 aromatic heterocycles. The standard InChI is InChI=1S/C33H34N4O3/c1-40-25-13-11-23(12-14-25)32-31-27(26-9-5-6-10-28(26)34-31)19-29-33(39)36(21-30(38)37(29)32)24-15-17-35(18-16-24)20-22-7-3-2-4-8-22/h2-14,24,29,32,34H,15-21H2,1H3/t29-,32?/m0/s1.